The van der Waals surface area contributed by atoms with Crippen molar-refractivity contribution in [3.63, 3.8) is 0 Å². The van der Waals surface area contributed by atoms with Gasteiger partial charge in [-0.25, -0.2) is 4.79 Å². The van der Waals surface area contributed by atoms with Gasteiger partial charge in [0.15, 0.2) is 0 Å². The standard InChI is InChI=1S/C43H87N3O4/c1-4-7-10-13-16-21-28-35-44-43(49)45-36-29-22-24-31-38-46(39-40-47)37-30-23-17-20-27-34-42(48)50-41(32-25-18-14-11-8-5-2)33-26-19-15-12-9-6-3/h41,47H,4-40H2,1-3H3,(H2,44,45,49). The van der Waals surface area contributed by atoms with E-state index in [0.717, 1.165) is 103 Å². The molecule has 7 heteroatoms. The molecule has 0 saturated heterocycles. The molecule has 0 spiro atoms. The Balaban J connectivity index is 3.94. The second-order valence-electron chi connectivity index (χ2n) is 15.0. The lowest BCUT2D eigenvalue weighted by molar-refractivity contribution is -0.150. The van der Waals surface area contributed by atoms with Crippen LogP contribution in [0.2, 0.25) is 0 Å². The van der Waals surface area contributed by atoms with Crippen molar-refractivity contribution in [3.05, 3.63) is 0 Å². The number of amides is 2. The summed E-state index contributed by atoms with van der Waals surface area (Å²) in [5.41, 5.74) is 0. The lowest BCUT2D eigenvalue weighted by Crippen LogP contribution is -2.36. The van der Waals surface area contributed by atoms with Crippen molar-refractivity contribution >= 4 is 12.0 Å². The van der Waals surface area contributed by atoms with Crippen molar-refractivity contribution in [2.24, 2.45) is 0 Å². The highest BCUT2D eigenvalue weighted by molar-refractivity contribution is 5.73. The third-order valence-corrected chi connectivity index (χ3v) is 10.1. The Kier molecular flexibility index (Phi) is 39.3. The minimum Gasteiger partial charge on any atom is -0.462 e. The van der Waals surface area contributed by atoms with E-state index in [-0.39, 0.29) is 24.7 Å². The van der Waals surface area contributed by atoms with Crippen LogP contribution in [0.5, 0.6) is 0 Å². The molecule has 0 aromatic carbocycles. The van der Waals surface area contributed by atoms with Crippen LogP contribution in [0.3, 0.4) is 0 Å². The van der Waals surface area contributed by atoms with E-state index >= 15 is 0 Å². The first-order valence-electron chi connectivity index (χ1n) is 22.1. The van der Waals surface area contributed by atoms with E-state index < -0.39 is 0 Å². The van der Waals surface area contributed by atoms with Gasteiger partial charge in [0.1, 0.15) is 6.10 Å². The largest absolute Gasteiger partial charge is 0.462 e. The molecule has 3 N–H and O–H groups in total. The fourth-order valence-electron chi connectivity index (χ4n) is 6.79. The van der Waals surface area contributed by atoms with Gasteiger partial charge in [-0.05, 0) is 70.9 Å². The maximum Gasteiger partial charge on any atom is 0.314 e. The molecule has 0 unspecified atom stereocenters. The highest BCUT2D eigenvalue weighted by atomic mass is 16.5. The van der Waals surface area contributed by atoms with Crippen molar-refractivity contribution in [1.82, 2.24) is 15.5 Å². The zero-order valence-corrected chi connectivity index (χ0v) is 33.9. The van der Waals surface area contributed by atoms with Gasteiger partial charge in [-0.15, -0.1) is 0 Å². The third kappa shape index (κ3) is 36.5. The smallest absolute Gasteiger partial charge is 0.314 e. The van der Waals surface area contributed by atoms with Gasteiger partial charge in [0.05, 0.1) is 6.61 Å². The fraction of sp³-hybridized carbons (Fsp3) is 0.953. The Morgan fingerprint density at radius 1 is 0.500 bits per heavy atom. The average Bonchev–Trinajstić information content (AvgIpc) is 3.11. The number of aliphatic hydroxyl groups excluding tert-OH is 1. The molecule has 0 fully saturated rings. The van der Waals surface area contributed by atoms with Crippen LogP contribution in [0.1, 0.15) is 220 Å². The summed E-state index contributed by atoms with van der Waals surface area (Å²) in [6.45, 7) is 11.3. The molecular formula is C43H87N3O4. The monoisotopic (exact) mass is 710 g/mol. The number of rotatable bonds is 40. The molecule has 0 rings (SSSR count). The van der Waals surface area contributed by atoms with Crippen LogP contribution in [0, 0.1) is 0 Å². The Morgan fingerprint density at radius 3 is 1.32 bits per heavy atom. The van der Waals surface area contributed by atoms with Crippen molar-refractivity contribution in [2.45, 2.75) is 226 Å². The third-order valence-electron chi connectivity index (χ3n) is 10.1. The van der Waals surface area contributed by atoms with Gasteiger partial charge in [-0.1, -0.05) is 156 Å². The van der Waals surface area contributed by atoms with Crippen LogP contribution >= 0.6 is 0 Å². The summed E-state index contributed by atoms with van der Waals surface area (Å²) in [4.78, 5) is 27.0. The molecule has 0 radical (unpaired) electrons. The molecule has 0 bridgehead atoms. The molecule has 0 atom stereocenters. The highest BCUT2D eigenvalue weighted by Crippen LogP contribution is 2.18. The second kappa shape index (κ2) is 40.4. The van der Waals surface area contributed by atoms with E-state index in [1.165, 1.54) is 122 Å². The highest BCUT2D eigenvalue weighted by Gasteiger charge is 2.14. The summed E-state index contributed by atoms with van der Waals surface area (Å²) in [7, 11) is 0. The van der Waals surface area contributed by atoms with Crippen molar-refractivity contribution < 1.29 is 19.4 Å². The minimum atomic E-state index is -0.0312. The first kappa shape index (κ1) is 48.7. The molecule has 50 heavy (non-hydrogen) atoms. The zero-order valence-electron chi connectivity index (χ0n) is 33.9. The number of carbonyl (C=O) groups is 2. The summed E-state index contributed by atoms with van der Waals surface area (Å²) >= 11 is 0. The van der Waals surface area contributed by atoms with E-state index in [2.05, 4.69) is 36.3 Å². The summed E-state index contributed by atoms with van der Waals surface area (Å²) in [5.74, 6) is 0.0129. The van der Waals surface area contributed by atoms with Gasteiger partial charge in [-0.3, -0.25) is 4.79 Å². The Bertz CT molecular complexity index is 692. The normalized spacial score (nSPS) is 11.5. The molecular weight excluding hydrogens is 622 g/mol. The number of nitrogens with zero attached hydrogens (tertiary/aromatic N) is 1. The summed E-state index contributed by atoms with van der Waals surface area (Å²) in [6.07, 6.45) is 36.8. The SMILES string of the molecule is CCCCCCCCCNC(=O)NCCCCCCN(CCO)CCCCCCCC(=O)OC(CCCCCCCC)CCCCCCCC. The number of hydrogen-bond acceptors (Lipinski definition) is 5. The molecule has 0 saturated carbocycles. The molecule has 0 aliphatic heterocycles. The predicted octanol–water partition coefficient (Wildman–Crippen LogP) is 11.6. The molecule has 0 heterocycles. The number of nitrogens with one attached hydrogen (secondary N) is 2. The Hall–Kier alpha value is -1.34. The van der Waals surface area contributed by atoms with Gasteiger partial charge >= 0.3 is 12.0 Å². The Labute approximate surface area is 311 Å². The summed E-state index contributed by atoms with van der Waals surface area (Å²) in [5, 5.41) is 15.5. The minimum absolute atomic E-state index is 0.0129. The van der Waals surface area contributed by atoms with Crippen LogP contribution in [-0.2, 0) is 9.53 Å². The zero-order chi connectivity index (χ0) is 36.6. The van der Waals surface area contributed by atoms with Crippen molar-refractivity contribution in [2.75, 3.05) is 39.3 Å². The number of aliphatic hydroxyl groups is 1. The topological polar surface area (TPSA) is 90.9 Å². The van der Waals surface area contributed by atoms with Crippen LogP contribution in [0.25, 0.3) is 0 Å². The second-order valence-corrected chi connectivity index (χ2v) is 15.0. The van der Waals surface area contributed by atoms with Gasteiger partial charge in [0.25, 0.3) is 0 Å². The lowest BCUT2D eigenvalue weighted by Gasteiger charge is -2.21. The van der Waals surface area contributed by atoms with E-state index in [1.54, 1.807) is 0 Å². The van der Waals surface area contributed by atoms with Gasteiger partial charge in [-0.2, -0.15) is 0 Å². The summed E-state index contributed by atoms with van der Waals surface area (Å²) in [6, 6.07) is -0.0312. The van der Waals surface area contributed by atoms with E-state index in [1.807, 2.05) is 0 Å². The number of esters is 1. The van der Waals surface area contributed by atoms with Crippen LogP contribution in [0.4, 0.5) is 4.79 Å². The molecule has 2 amide bonds. The van der Waals surface area contributed by atoms with Crippen LogP contribution < -0.4 is 10.6 Å². The predicted molar refractivity (Wildman–Crippen MR) is 215 cm³/mol. The van der Waals surface area contributed by atoms with E-state index in [4.69, 9.17) is 4.74 Å². The number of ether oxygens (including phenoxy) is 1. The number of carbonyl (C=O) groups excluding carboxylic acids is 2. The lowest BCUT2D eigenvalue weighted by atomic mass is 10.0. The van der Waals surface area contributed by atoms with Gasteiger partial charge < -0.3 is 25.4 Å². The quantitative estimate of drug-likeness (QED) is 0.0435. The molecule has 7 nitrogen and oxygen atoms in total. The number of urea groups is 1. The number of unbranched alkanes of at least 4 members (excludes halogenated alkanes) is 23. The molecule has 0 aromatic heterocycles. The van der Waals surface area contributed by atoms with Crippen LogP contribution in [0.15, 0.2) is 0 Å². The molecule has 298 valence electrons. The summed E-state index contributed by atoms with van der Waals surface area (Å²) < 4.78 is 6.01. The first-order valence-corrected chi connectivity index (χ1v) is 22.1. The maximum atomic E-state index is 12.7. The maximum absolute atomic E-state index is 12.7. The first-order chi connectivity index (χ1) is 24.6. The van der Waals surface area contributed by atoms with Gasteiger partial charge in [0, 0.05) is 26.1 Å². The average molecular weight is 710 g/mol. The fourth-order valence-corrected chi connectivity index (χ4v) is 6.79. The number of hydrogen-bond donors (Lipinski definition) is 3. The van der Waals surface area contributed by atoms with Gasteiger partial charge in [0.2, 0.25) is 0 Å². The molecule has 0 aliphatic rings. The van der Waals surface area contributed by atoms with E-state index in [9.17, 15) is 14.7 Å². The van der Waals surface area contributed by atoms with Crippen molar-refractivity contribution in [3.8, 4) is 0 Å². The van der Waals surface area contributed by atoms with E-state index in [0.29, 0.717) is 6.42 Å². The molecule has 0 aliphatic carbocycles. The van der Waals surface area contributed by atoms with Crippen LogP contribution in [-0.4, -0.2) is 67.4 Å². The Morgan fingerprint density at radius 2 is 0.880 bits per heavy atom. The van der Waals surface area contributed by atoms with Crippen molar-refractivity contribution in [1.29, 1.82) is 0 Å². The molecule has 0 aromatic rings.